The summed E-state index contributed by atoms with van der Waals surface area (Å²) in [5.74, 6) is -0.785. The van der Waals surface area contributed by atoms with Crippen LogP contribution in [0.5, 0.6) is 0 Å². The second kappa shape index (κ2) is 5.30. The summed E-state index contributed by atoms with van der Waals surface area (Å²) in [5.41, 5.74) is 1.04. The van der Waals surface area contributed by atoms with E-state index in [0.29, 0.717) is 11.0 Å². The van der Waals surface area contributed by atoms with Gasteiger partial charge in [0, 0.05) is 18.8 Å². The molecule has 0 saturated heterocycles. The van der Waals surface area contributed by atoms with Gasteiger partial charge in [0.15, 0.2) is 0 Å². The van der Waals surface area contributed by atoms with E-state index in [1.165, 1.54) is 12.1 Å². The first kappa shape index (κ1) is 12.8. The maximum Gasteiger partial charge on any atom is 0.251 e. The van der Waals surface area contributed by atoms with E-state index in [-0.39, 0.29) is 11.5 Å². The van der Waals surface area contributed by atoms with Crippen LogP contribution in [0.15, 0.2) is 34.9 Å². The monoisotopic (exact) mass is 311 g/mol. The maximum absolute atomic E-state index is 13.3. The van der Waals surface area contributed by atoms with Crippen molar-refractivity contribution < 1.29 is 9.18 Å². The van der Waals surface area contributed by atoms with Crippen molar-refractivity contribution in [1.82, 2.24) is 15.1 Å². The molecule has 18 heavy (non-hydrogen) atoms. The smallest absolute Gasteiger partial charge is 0.251 e. The third-order valence-corrected chi connectivity index (χ3v) is 3.02. The highest BCUT2D eigenvalue weighted by Crippen LogP contribution is 2.16. The lowest BCUT2D eigenvalue weighted by molar-refractivity contribution is 0.0950. The van der Waals surface area contributed by atoms with Crippen LogP contribution in [-0.2, 0) is 13.6 Å². The molecule has 1 heterocycles. The molecule has 6 heteroatoms. The highest BCUT2D eigenvalue weighted by molar-refractivity contribution is 9.10. The molecule has 0 unspecified atom stereocenters. The molecular weight excluding hydrogens is 301 g/mol. The number of hydrogen-bond donors (Lipinski definition) is 1. The molecule has 0 aliphatic carbocycles. The molecule has 0 saturated carbocycles. The quantitative estimate of drug-likeness (QED) is 0.945. The Hall–Kier alpha value is -1.69. The van der Waals surface area contributed by atoms with E-state index < -0.39 is 5.82 Å². The normalized spacial score (nSPS) is 10.4. The van der Waals surface area contributed by atoms with Crippen LogP contribution < -0.4 is 5.32 Å². The number of hydrogen-bond acceptors (Lipinski definition) is 2. The molecule has 2 aromatic rings. The number of benzene rings is 1. The average molecular weight is 312 g/mol. The van der Waals surface area contributed by atoms with Gasteiger partial charge in [0.25, 0.3) is 5.91 Å². The molecule has 0 radical (unpaired) electrons. The lowest BCUT2D eigenvalue weighted by atomic mass is 10.2. The number of halogens is 2. The molecule has 1 aromatic heterocycles. The first-order chi connectivity index (χ1) is 8.56. The predicted octanol–water partition coefficient (Wildman–Crippen LogP) is 2.25. The number of rotatable bonds is 3. The zero-order valence-corrected chi connectivity index (χ0v) is 11.2. The summed E-state index contributed by atoms with van der Waals surface area (Å²) in [6.45, 7) is 0.317. The molecule has 0 fully saturated rings. The zero-order chi connectivity index (χ0) is 13.1. The second-order valence-corrected chi connectivity index (χ2v) is 4.65. The number of amides is 1. The topological polar surface area (TPSA) is 46.9 Å². The summed E-state index contributed by atoms with van der Waals surface area (Å²) < 4.78 is 15.3. The first-order valence-corrected chi connectivity index (χ1v) is 6.07. The van der Waals surface area contributed by atoms with Gasteiger partial charge in [-0.15, -0.1) is 0 Å². The van der Waals surface area contributed by atoms with Crippen molar-refractivity contribution >= 4 is 21.8 Å². The van der Waals surface area contributed by atoms with Gasteiger partial charge in [-0.3, -0.25) is 9.48 Å². The SMILES string of the molecule is Cn1ccc(CNC(=O)c2ccc(Br)c(F)c2)n1. The molecule has 2 rings (SSSR count). The van der Waals surface area contributed by atoms with Crippen molar-refractivity contribution in [2.45, 2.75) is 6.54 Å². The van der Waals surface area contributed by atoms with E-state index in [2.05, 4.69) is 26.3 Å². The van der Waals surface area contributed by atoms with E-state index in [1.54, 1.807) is 24.0 Å². The van der Waals surface area contributed by atoms with Crippen LogP contribution in [0.25, 0.3) is 0 Å². The van der Waals surface area contributed by atoms with Crippen molar-refractivity contribution in [2.75, 3.05) is 0 Å². The first-order valence-electron chi connectivity index (χ1n) is 5.28. The van der Waals surface area contributed by atoms with E-state index in [1.807, 2.05) is 6.07 Å². The Bertz CT molecular complexity index is 582. The minimum atomic E-state index is -0.458. The molecule has 1 amide bonds. The molecular formula is C12H11BrFN3O. The zero-order valence-electron chi connectivity index (χ0n) is 9.65. The molecule has 0 spiro atoms. The fourth-order valence-electron chi connectivity index (χ4n) is 1.47. The van der Waals surface area contributed by atoms with Gasteiger partial charge in [-0.2, -0.15) is 5.10 Å². The van der Waals surface area contributed by atoms with E-state index in [9.17, 15) is 9.18 Å². The number of carbonyl (C=O) groups excluding carboxylic acids is 1. The number of carbonyl (C=O) groups is 1. The van der Waals surface area contributed by atoms with Crippen molar-refractivity contribution in [2.24, 2.45) is 7.05 Å². The lowest BCUT2D eigenvalue weighted by Gasteiger charge is -2.04. The Morgan fingerprint density at radius 3 is 2.89 bits per heavy atom. The summed E-state index contributed by atoms with van der Waals surface area (Å²) in [7, 11) is 1.80. The van der Waals surface area contributed by atoms with Gasteiger partial charge in [0.1, 0.15) is 5.82 Å². The maximum atomic E-state index is 13.3. The van der Waals surface area contributed by atoms with Gasteiger partial charge in [0.2, 0.25) is 0 Å². The standard InChI is InChI=1S/C12H11BrFN3O/c1-17-5-4-9(16-17)7-15-12(18)8-2-3-10(13)11(14)6-8/h2-6H,7H2,1H3,(H,15,18). The molecule has 0 bridgehead atoms. The molecule has 94 valence electrons. The fourth-order valence-corrected chi connectivity index (χ4v) is 1.71. The molecule has 0 aliphatic rings. The Labute approximate surface area is 112 Å². The minimum absolute atomic E-state index is 0.284. The van der Waals surface area contributed by atoms with Crippen LogP contribution in [0.4, 0.5) is 4.39 Å². The van der Waals surface area contributed by atoms with Gasteiger partial charge in [0.05, 0.1) is 16.7 Å². The summed E-state index contributed by atoms with van der Waals surface area (Å²) in [6, 6.07) is 6.06. The van der Waals surface area contributed by atoms with Gasteiger partial charge >= 0.3 is 0 Å². The predicted molar refractivity (Wildman–Crippen MR) is 68.5 cm³/mol. The number of aromatic nitrogens is 2. The van der Waals surface area contributed by atoms with Crippen molar-refractivity contribution in [1.29, 1.82) is 0 Å². The van der Waals surface area contributed by atoms with Crippen molar-refractivity contribution in [3.05, 3.63) is 52.0 Å². The van der Waals surface area contributed by atoms with E-state index >= 15 is 0 Å². The number of nitrogens with one attached hydrogen (secondary N) is 1. The van der Waals surface area contributed by atoms with Crippen molar-refractivity contribution in [3.63, 3.8) is 0 Å². The largest absolute Gasteiger partial charge is 0.346 e. The van der Waals surface area contributed by atoms with E-state index in [0.717, 1.165) is 5.69 Å². The average Bonchev–Trinajstić information content (AvgIpc) is 2.75. The van der Waals surface area contributed by atoms with Gasteiger partial charge in [-0.1, -0.05) is 0 Å². The Balaban J connectivity index is 2.01. The van der Waals surface area contributed by atoms with E-state index in [4.69, 9.17) is 0 Å². The number of nitrogens with zero attached hydrogens (tertiary/aromatic N) is 2. The second-order valence-electron chi connectivity index (χ2n) is 3.79. The fraction of sp³-hybridized carbons (Fsp3) is 0.167. The highest BCUT2D eigenvalue weighted by Gasteiger charge is 2.08. The van der Waals surface area contributed by atoms with Crippen LogP contribution in [-0.4, -0.2) is 15.7 Å². The summed E-state index contributed by atoms with van der Waals surface area (Å²) >= 11 is 3.04. The summed E-state index contributed by atoms with van der Waals surface area (Å²) in [6.07, 6.45) is 1.79. The van der Waals surface area contributed by atoms with Crippen molar-refractivity contribution in [3.8, 4) is 0 Å². The Kier molecular flexibility index (Phi) is 3.76. The molecule has 1 N–H and O–H groups in total. The van der Waals surface area contributed by atoms with Gasteiger partial charge in [-0.05, 0) is 40.2 Å². The summed E-state index contributed by atoms with van der Waals surface area (Å²) in [5, 5.41) is 6.81. The molecule has 1 aromatic carbocycles. The van der Waals surface area contributed by atoms with Crippen LogP contribution in [0.2, 0.25) is 0 Å². The van der Waals surface area contributed by atoms with Crippen LogP contribution in [0.1, 0.15) is 16.1 Å². The molecule has 0 atom stereocenters. The Morgan fingerprint density at radius 1 is 1.50 bits per heavy atom. The summed E-state index contributed by atoms with van der Waals surface area (Å²) in [4.78, 5) is 11.8. The van der Waals surface area contributed by atoms with Crippen LogP contribution >= 0.6 is 15.9 Å². The van der Waals surface area contributed by atoms with Gasteiger partial charge < -0.3 is 5.32 Å². The van der Waals surface area contributed by atoms with Crippen LogP contribution in [0, 0.1) is 5.82 Å². The third kappa shape index (κ3) is 2.95. The minimum Gasteiger partial charge on any atom is -0.346 e. The molecule has 0 aliphatic heterocycles. The number of aryl methyl sites for hydroxylation is 1. The highest BCUT2D eigenvalue weighted by atomic mass is 79.9. The lowest BCUT2D eigenvalue weighted by Crippen LogP contribution is -2.23. The van der Waals surface area contributed by atoms with Crippen LogP contribution in [0.3, 0.4) is 0 Å². The molecule has 4 nitrogen and oxygen atoms in total. The third-order valence-electron chi connectivity index (χ3n) is 2.38. The Morgan fingerprint density at radius 2 is 2.28 bits per heavy atom. The van der Waals surface area contributed by atoms with Gasteiger partial charge in [-0.25, -0.2) is 4.39 Å².